The molecule has 6 nitrogen and oxygen atoms in total. The van der Waals surface area contributed by atoms with Crippen LogP contribution in [0.5, 0.6) is 17.2 Å². The average Bonchev–Trinajstić information content (AvgIpc) is 3.20. The number of hydrogen-bond donors (Lipinski definition) is 1. The molecule has 29 heavy (non-hydrogen) atoms. The number of anilines is 1. The summed E-state index contributed by atoms with van der Waals surface area (Å²) in [5.74, 6) is 2.29. The van der Waals surface area contributed by atoms with E-state index in [0.29, 0.717) is 5.75 Å². The Morgan fingerprint density at radius 1 is 1.24 bits per heavy atom. The van der Waals surface area contributed by atoms with Crippen molar-refractivity contribution >= 4 is 16.6 Å². The number of hydrogen-bond acceptors (Lipinski definition) is 5. The molecule has 1 atom stereocenters. The number of likely N-dealkylation sites (N-methyl/N-ethyl adjacent to an activating group) is 1. The lowest BCUT2D eigenvalue weighted by Crippen LogP contribution is -2.40. The van der Waals surface area contributed by atoms with E-state index in [0.717, 1.165) is 47.5 Å². The molecular formula is C23H26N3O3+. The molecule has 0 radical (unpaired) electrons. The van der Waals surface area contributed by atoms with Gasteiger partial charge in [-0.05, 0) is 31.2 Å². The number of fused-ring (bicyclic) bond motifs is 3. The van der Waals surface area contributed by atoms with Crippen molar-refractivity contribution in [2.45, 2.75) is 18.9 Å². The van der Waals surface area contributed by atoms with E-state index in [2.05, 4.69) is 53.9 Å². The molecule has 0 amide bonds. The van der Waals surface area contributed by atoms with Crippen molar-refractivity contribution in [2.75, 3.05) is 33.2 Å². The number of nitrogen functional groups attached to an aromatic ring is 1. The van der Waals surface area contributed by atoms with Crippen LogP contribution in [0.4, 0.5) is 5.69 Å². The van der Waals surface area contributed by atoms with E-state index < -0.39 is 0 Å². The number of rotatable bonds is 3. The fourth-order valence-electron chi connectivity index (χ4n) is 4.70. The molecule has 1 aromatic heterocycles. The van der Waals surface area contributed by atoms with Gasteiger partial charge in [0.25, 0.3) is 0 Å². The molecule has 3 heterocycles. The monoisotopic (exact) mass is 392 g/mol. The van der Waals surface area contributed by atoms with E-state index in [9.17, 15) is 0 Å². The third-order valence-corrected chi connectivity index (χ3v) is 6.28. The molecule has 6 heteroatoms. The number of nitrogens with two attached hydrogens (primary N) is 1. The Kier molecular flexibility index (Phi) is 4.24. The maximum atomic E-state index is 6.40. The van der Waals surface area contributed by atoms with Crippen LogP contribution >= 0.6 is 0 Å². The maximum Gasteiger partial charge on any atom is 0.231 e. The molecule has 0 saturated heterocycles. The normalized spacial score (nSPS) is 18.1. The predicted molar refractivity (Wildman–Crippen MR) is 111 cm³/mol. The number of ether oxygens (including phenoxy) is 3. The summed E-state index contributed by atoms with van der Waals surface area (Å²) in [6.45, 7) is 1.22. The first-order valence-electron chi connectivity index (χ1n) is 9.94. The van der Waals surface area contributed by atoms with Crippen LogP contribution in [0.3, 0.4) is 0 Å². The van der Waals surface area contributed by atoms with E-state index in [1.807, 2.05) is 6.07 Å². The van der Waals surface area contributed by atoms with Crippen LogP contribution in [0.25, 0.3) is 10.9 Å². The summed E-state index contributed by atoms with van der Waals surface area (Å²) in [7, 11) is 5.98. The lowest BCUT2D eigenvalue weighted by Gasteiger charge is -2.35. The smallest absolute Gasteiger partial charge is 0.231 e. The quantitative estimate of drug-likeness (QED) is 0.695. The summed E-state index contributed by atoms with van der Waals surface area (Å²) in [6.07, 6.45) is 1.78. The predicted octanol–water partition coefficient (Wildman–Crippen LogP) is 2.76. The minimum Gasteiger partial charge on any atom is -0.492 e. The van der Waals surface area contributed by atoms with Crippen molar-refractivity contribution < 1.29 is 18.8 Å². The van der Waals surface area contributed by atoms with Gasteiger partial charge in [-0.15, -0.1) is 0 Å². The van der Waals surface area contributed by atoms with Gasteiger partial charge in [-0.25, -0.2) is 0 Å². The molecule has 0 bridgehead atoms. The maximum absolute atomic E-state index is 6.40. The molecule has 0 unspecified atom stereocenters. The second kappa shape index (κ2) is 6.81. The zero-order chi connectivity index (χ0) is 20.1. The van der Waals surface area contributed by atoms with Crippen LogP contribution in [-0.4, -0.2) is 32.4 Å². The van der Waals surface area contributed by atoms with Gasteiger partial charge >= 0.3 is 0 Å². The van der Waals surface area contributed by atoms with Crippen molar-refractivity contribution in [3.8, 4) is 17.2 Å². The summed E-state index contributed by atoms with van der Waals surface area (Å²) in [5.41, 5.74) is 12.0. The SMILES string of the molecule is COc1c2c(cc3c1[C@H](Cc1cc(N)c4ccccc4[n+]1C)N(C)CC3)OCO2. The Labute approximate surface area is 170 Å². The molecule has 2 aliphatic heterocycles. The zero-order valence-corrected chi connectivity index (χ0v) is 17.1. The number of benzene rings is 2. The second-order valence-corrected chi connectivity index (χ2v) is 7.83. The molecule has 0 spiro atoms. The first kappa shape index (κ1) is 18.1. The Morgan fingerprint density at radius 3 is 2.90 bits per heavy atom. The van der Waals surface area contributed by atoms with Gasteiger partial charge in [-0.2, -0.15) is 4.57 Å². The summed E-state index contributed by atoms with van der Waals surface area (Å²) in [5, 5.41) is 1.08. The lowest BCUT2D eigenvalue weighted by molar-refractivity contribution is -0.653. The number of aromatic nitrogens is 1. The molecule has 3 aromatic rings. The third kappa shape index (κ3) is 2.78. The van der Waals surface area contributed by atoms with Gasteiger partial charge in [-0.3, -0.25) is 4.90 Å². The molecular weight excluding hydrogens is 366 g/mol. The van der Waals surface area contributed by atoms with Gasteiger partial charge in [-0.1, -0.05) is 12.1 Å². The number of aryl methyl sites for hydroxylation is 1. The first-order chi connectivity index (χ1) is 14.1. The fourth-order valence-corrected chi connectivity index (χ4v) is 4.70. The van der Waals surface area contributed by atoms with Crippen molar-refractivity contribution in [3.63, 3.8) is 0 Å². The van der Waals surface area contributed by atoms with Crippen molar-refractivity contribution in [1.29, 1.82) is 0 Å². The van der Waals surface area contributed by atoms with Crippen LogP contribution in [0, 0.1) is 0 Å². The molecule has 0 aliphatic carbocycles. The molecule has 0 fully saturated rings. The minimum atomic E-state index is 0.162. The van der Waals surface area contributed by atoms with Crippen LogP contribution in [0.2, 0.25) is 0 Å². The average molecular weight is 392 g/mol. The highest BCUT2D eigenvalue weighted by Gasteiger charge is 2.35. The highest BCUT2D eigenvalue weighted by atomic mass is 16.7. The number of pyridine rings is 1. The Morgan fingerprint density at radius 2 is 2.07 bits per heavy atom. The lowest BCUT2D eigenvalue weighted by atomic mass is 9.88. The van der Waals surface area contributed by atoms with Crippen LogP contribution < -0.4 is 24.5 Å². The first-order valence-corrected chi connectivity index (χ1v) is 9.94. The Balaban J connectivity index is 1.64. The van der Waals surface area contributed by atoms with Gasteiger partial charge < -0.3 is 19.9 Å². The number of para-hydroxylation sites is 1. The van der Waals surface area contributed by atoms with Crippen LogP contribution in [0.1, 0.15) is 22.9 Å². The van der Waals surface area contributed by atoms with E-state index in [-0.39, 0.29) is 12.8 Å². The largest absolute Gasteiger partial charge is 0.492 e. The summed E-state index contributed by atoms with van der Waals surface area (Å²) in [4.78, 5) is 2.39. The molecule has 2 N–H and O–H groups in total. The molecule has 5 rings (SSSR count). The third-order valence-electron chi connectivity index (χ3n) is 6.28. The number of nitrogens with zero attached hydrogens (tertiary/aromatic N) is 2. The Hall–Kier alpha value is -2.99. The van der Waals surface area contributed by atoms with Gasteiger partial charge in [0.15, 0.2) is 17.2 Å². The minimum absolute atomic E-state index is 0.162. The molecule has 0 saturated carbocycles. The van der Waals surface area contributed by atoms with E-state index in [1.165, 1.54) is 16.8 Å². The van der Waals surface area contributed by atoms with E-state index in [4.69, 9.17) is 19.9 Å². The van der Waals surface area contributed by atoms with Gasteiger partial charge in [0.2, 0.25) is 18.1 Å². The Bertz CT molecular complexity index is 1110. The number of methoxy groups -OCH3 is 1. The fraction of sp³-hybridized carbons (Fsp3) is 0.348. The molecule has 150 valence electrons. The summed E-state index contributed by atoms with van der Waals surface area (Å²) >= 11 is 0. The van der Waals surface area contributed by atoms with Crippen molar-refractivity contribution in [2.24, 2.45) is 7.05 Å². The topological polar surface area (TPSA) is 60.8 Å². The van der Waals surface area contributed by atoms with Gasteiger partial charge in [0.05, 0.1) is 24.6 Å². The second-order valence-electron chi connectivity index (χ2n) is 7.83. The zero-order valence-electron chi connectivity index (χ0n) is 17.1. The highest BCUT2D eigenvalue weighted by Crippen LogP contribution is 2.49. The van der Waals surface area contributed by atoms with Crippen molar-refractivity contribution in [1.82, 2.24) is 4.90 Å². The summed E-state index contributed by atoms with van der Waals surface area (Å²) in [6, 6.07) is 12.6. The van der Waals surface area contributed by atoms with Crippen molar-refractivity contribution in [3.05, 3.63) is 53.2 Å². The molecule has 2 aliphatic rings. The molecule has 2 aromatic carbocycles. The van der Waals surface area contributed by atoms with E-state index in [1.54, 1.807) is 7.11 Å². The van der Waals surface area contributed by atoms with Gasteiger partial charge in [0.1, 0.15) is 7.05 Å². The summed E-state index contributed by atoms with van der Waals surface area (Å²) < 4.78 is 19.4. The van der Waals surface area contributed by atoms with E-state index >= 15 is 0 Å². The van der Waals surface area contributed by atoms with Crippen LogP contribution in [-0.2, 0) is 19.9 Å². The van der Waals surface area contributed by atoms with Gasteiger partial charge in [0, 0.05) is 30.3 Å². The van der Waals surface area contributed by atoms with Crippen LogP contribution in [0.15, 0.2) is 36.4 Å². The standard InChI is InChI=1S/C23H25N3O3/c1-25-9-8-14-10-20-22(29-13-28-20)23(27-3)21(14)19(25)12-15-11-17(24)16-6-4-5-7-18(16)26(15)2/h4-7,10-11,19,24H,8-9,12-13H2,1-3H3/p+1/t19-/m0/s1. The highest BCUT2D eigenvalue weighted by molar-refractivity contribution is 5.87.